The lowest BCUT2D eigenvalue weighted by atomic mass is 10.1. The number of hydrogen-bond acceptors (Lipinski definition) is 4. The largest absolute Gasteiger partial charge is 0.395 e. The molecule has 0 saturated heterocycles. The number of benzene rings is 2. The summed E-state index contributed by atoms with van der Waals surface area (Å²) < 4.78 is 28.6. The van der Waals surface area contributed by atoms with Crippen molar-refractivity contribution in [3.8, 4) is 0 Å². The molecule has 3 N–H and O–H groups in total. The minimum atomic E-state index is -1.17. The summed E-state index contributed by atoms with van der Waals surface area (Å²) in [7, 11) is 0. The van der Waals surface area contributed by atoms with E-state index in [1.54, 1.807) is 4.57 Å². The molecule has 2 aromatic carbocycles. The van der Waals surface area contributed by atoms with Gasteiger partial charge in [-0.15, -0.1) is 0 Å². The number of aliphatic hydroxyl groups is 2. The molecule has 3 aromatic rings. The fraction of sp³-hybridized carbons (Fsp3) is 0.235. The first kappa shape index (κ1) is 16.4. The molecule has 0 aliphatic carbocycles. The van der Waals surface area contributed by atoms with Gasteiger partial charge in [-0.1, -0.05) is 18.2 Å². The van der Waals surface area contributed by atoms with Gasteiger partial charge in [-0.25, -0.2) is 13.8 Å². The highest BCUT2D eigenvalue weighted by molar-refractivity contribution is 5.78. The van der Waals surface area contributed by atoms with Gasteiger partial charge in [0.05, 0.1) is 30.3 Å². The normalized spacial score (nSPS) is 12.5. The van der Waals surface area contributed by atoms with Gasteiger partial charge in [0.25, 0.3) is 0 Å². The molecule has 0 saturated carbocycles. The molecule has 3 rings (SSSR count). The molecule has 0 amide bonds. The summed E-state index contributed by atoms with van der Waals surface area (Å²) in [5.41, 5.74) is 1.49. The first-order valence-corrected chi connectivity index (χ1v) is 7.53. The quantitative estimate of drug-likeness (QED) is 0.648. The van der Waals surface area contributed by atoms with Crippen LogP contribution in [0.2, 0.25) is 0 Å². The number of para-hydroxylation sites is 2. The van der Waals surface area contributed by atoms with Crippen LogP contribution in [0.3, 0.4) is 0 Å². The van der Waals surface area contributed by atoms with Crippen molar-refractivity contribution in [2.75, 3.05) is 18.5 Å². The maximum absolute atomic E-state index is 13.9. The second-order valence-electron chi connectivity index (χ2n) is 5.37. The van der Waals surface area contributed by atoms with Gasteiger partial charge < -0.3 is 20.1 Å². The molecule has 1 atom stereocenters. The predicted octanol–water partition coefficient (Wildman–Crippen LogP) is 2.45. The monoisotopic (exact) mass is 333 g/mol. The van der Waals surface area contributed by atoms with Gasteiger partial charge in [0.1, 0.15) is 11.6 Å². The van der Waals surface area contributed by atoms with E-state index in [4.69, 9.17) is 5.11 Å². The van der Waals surface area contributed by atoms with Crippen LogP contribution < -0.4 is 5.32 Å². The van der Waals surface area contributed by atoms with Crippen LogP contribution in [0, 0.1) is 11.6 Å². The van der Waals surface area contributed by atoms with Crippen molar-refractivity contribution < 1.29 is 19.0 Å². The van der Waals surface area contributed by atoms with Crippen molar-refractivity contribution in [2.45, 2.75) is 12.6 Å². The average molecular weight is 333 g/mol. The summed E-state index contributed by atoms with van der Waals surface area (Å²) in [6, 6.07) is 10.4. The number of nitrogens with zero attached hydrogens (tertiary/aromatic N) is 2. The number of fused-ring (bicyclic) bond motifs is 1. The van der Waals surface area contributed by atoms with Crippen LogP contribution in [0.1, 0.15) is 11.7 Å². The molecular formula is C17H17F2N3O2. The van der Waals surface area contributed by atoms with Crippen LogP contribution in [-0.4, -0.2) is 32.9 Å². The van der Waals surface area contributed by atoms with Crippen LogP contribution in [0.25, 0.3) is 11.0 Å². The Labute approximate surface area is 137 Å². The van der Waals surface area contributed by atoms with Crippen LogP contribution in [0.15, 0.2) is 42.5 Å². The Bertz CT molecular complexity index is 851. The molecule has 1 heterocycles. The molecule has 24 heavy (non-hydrogen) atoms. The van der Waals surface area contributed by atoms with Crippen molar-refractivity contribution in [3.63, 3.8) is 0 Å². The highest BCUT2D eigenvalue weighted by Gasteiger charge is 2.18. The number of nitrogens with one attached hydrogen (secondary N) is 1. The van der Waals surface area contributed by atoms with Crippen LogP contribution >= 0.6 is 0 Å². The van der Waals surface area contributed by atoms with Crippen molar-refractivity contribution in [2.24, 2.45) is 0 Å². The maximum atomic E-state index is 13.9. The number of aliphatic hydroxyl groups excluding tert-OH is 2. The van der Waals surface area contributed by atoms with Gasteiger partial charge in [-0.2, -0.15) is 0 Å². The van der Waals surface area contributed by atoms with Crippen molar-refractivity contribution in [3.05, 3.63) is 59.7 Å². The van der Waals surface area contributed by atoms with E-state index in [2.05, 4.69) is 10.3 Å². The Morgan fingerprint density at radius 1 is 1.17 bits per heavy atom. The Balaban J connectivity index is 1.95. The van der Waals surface area contributed by atoms with Crippen LogP contribution in [0.4, 0.5) is 14.7 Å². The number of imidazole rings is 1. The molecule has 7 heteroatoms. The second kappa shape index (κ2) is 6.94. The summed E-state index contributed by atoms with van der Waals surface area (Å²) in [4.78, 5) is 4.41. The number of rotatable bonds is 6. The minimum absolute atomic E-state index is 0.0160. The third-order valence-corrected chi connectivity index (χ3v) is 3.73. The van der Waals surface area contributed by atoms with Crippen molar-refractivity contribution >= 4 is 17.0 Å². The third-order valence-electron chi connectivity index (χ3n) is 3.73. The number of aromatic nitrogens is 2. The Hall–Kier alpha value is -2.51. The first-order valence-electron chi connectivity index (χ1n) is 7.53. The summed E-state index contributed by atoms with van der Waals surface area (Å²) in [5, 5.41) is 22.3. The summed E-state index contributed by atoms with van der Waals surface area (Å²) in [5.74, 6) is -1.02. The molecule has 0 bridgehead atoms. The fourth-order valence-corrected chi connectivity index (χ4v) is 2.61. The summed E-state index contributed by atoms with van der Waals surface area (Å²) in [6.45, 7) is 0.263. The number of hydrogen-bond donors (Lipinski definition) is 3. The molecule has 126 valence electrons. The van der Waals surface area contributed by atoms with Crippen molar-refractivity contribution in [1.29, 1.82) is 0 Å². The van der Waals surface area contributed by atoms with Crippen molar-refractivity contribution in [1.82, 2.24) is 9.55 Å². The van der Waals surface area contributed by atoms with Gasteiger partial charge in [0.2, 0.25) is 5.95 Å². The number of halogens is 2. The topological polar surface area (TPSA) is 70.3 Å². The Kier molecular flexibility index (Phi) is 4.73. The maximum Gasteiger partial charge on any atom is 0.204 e. The van der Waals surface area contributed by atoms with Gasteiger partial charge >= 0.3 is 0 Å². The van der Waals surface area contributed by atoms with E-state index in [0.29, 0.717) is 18.0 Å². The van der Waals surface area contributed by atoms with Gasteiger partial charge in [0.15, 0.2) is 0 Å². The summed E-state index contributed by atoms with van der Waals surface area (Å²) in [6.07, 6.45) is -1.17. The fourth-order valence-electron chi connectivity index (χ4n) is 2.61. The average Bonchev–Trinajstić information content (AvgIpc) is 2.90. The highest BCUT2D eigenvalue weighted by Crippen LogP contribution is 2.25. The van der Waals surface area contributed by atoms with E-state index >= 15 is 0 Å². The van der Waals surface area contributed by atoms with Crippen LogP contribution in [-0.2, 0) is 6.54 Å². The SMILES string of the molecule is OCCNc1nc2ccccc2n1CC(O)c1ccc(F)cc1F. The van der Waals surface area contributed by atoms with Crippen LogP contribution in [0.5, 0.6) is 0 Å². The zero-order chi connectivity index (χ0) is 17.1. The highest BCUT2D eigenvalue weighted by atomic mass is 19.1. The molecule has 1 unspecified atom stereocenters. The lowest BCUT2D eigenvalue weighted by Crippen LogP contribution is -2.15. The number of anilines is 1. The molecule has 0 aliphatic rings. The van der Waals surface area contributed by atoms with Gasteiger partial charge in [0, 0.05) is 18.2 Å². The third kappa shape index (κ3) is 3.22. The summed E-state index contributed by atoms with van der Waals surface area (Å²) >= 11 is 0. The molecule has 0 spiro atoms. The molecule has 0 fully saturated rings. The van der Waals surface area contributed by atoms with Gasteiger partial charge in [-0.05, 0) is 18.2 Å². The Morgan fingerprint density at radius 3 is 2.71 bits per heavy atom. The lowest BCUT2D eigenvalue weighted by Gasteiger charge is -2.16. The lowest BCUT2D eigenvalue weighted by molar-refractivity contribution is 0.154. The second-order valence-corrected chi connectivity index (χ2v) is 5.37. The molecule has 0 radical (unpaired) electrons. The molecule has 0 aliphatic heterocycles. The predicted molar refractivity (Wildman–Crippen MR) is 86.6 cm³/mol. The van der Waals surface area contributed by atoms with E-state index in [0.717, 1.165) is 17.6 Å². The van der Waals surface area contributed by atoms with E-state index < -0.39 is 17.7 Å². The zero-order valence-corrected chi connectivity index (χ0v) is 12.8. The molecule has 5 nitrogen and oxygen atoms in total. The first-order chi connectivity index (χ1) is 11.6. The van der Waals surface area contributed by atoms with E-state index in [-0.39, 0.29) is 18.7 Å². The smallest absolute Gasteiger partial charge is 0.204 e. The minimum Gasteiger partial charge on any atom is -0.395 e. The van der Waals surface area contributed by atoms with E-state index in [1.165, 1.54) is 6.07 Å². The van der Waals surface area contributed by atoms with E-state index in [9.17, 15) is 13.9 Å². The van der Waals surface area contributed by atoms with Gasteiger partial charge in [-0.3, -0.25) is 0 Å². The molecule has 1 aromatic heterocycles. The van der Waals surface area contributed by atoms with E-state index in [1.807, 2.05) is 24.3 Å². The standard InChI is InChI=1S/C17H17F2N3O2/c18-11-5-6-12(13(19)9-11)16(24)10-22-15-4-2-1-3-14(15)21-17(22)20-7-8-23/h1-6,9,16,23-24H,7-8,10H2,(H,20,21). The Morgan fingerprint density at radius 2 is 1.96 bits per heavy atom. The zero-order valence-electron chi connectivity index (χ0n) is 12.8. The molecular weight excluding hydrogens is 316 g/mol.